The van der Waals surface area contributed by atoms with Crippen molar-refractivity contribution in [1.29, 1.82) is 0 Å². The molecule has 1 unspecified atom stereocenters. The van der Waals surface area contributed by atoms with E-state index in [4.69, 9.17) is 11.6 Å². The molecule has 0 saturated carbocycles. The minimum absolute atomic E-state index is 0.00662. The predicted molar refractivity (Wildman–Crippen MR) is 126 cm³/mol. The van der Waals surface area contributed by atoms with Gasteiger partial charge in [-0.2, -0.15) is 4.31 Å². The Morgan fingerprint density at radius 1 is 1.06 bits per heavy atom. The zero-order valence-electron chi connectivity index (χ0n) is 19.3. The normalized spacial score (nSPS) is 13.0. The van der Waals surface area contributed by atoms with E-state index in [9.17, 15) is 22.4 Å². The molecule has 2 rings (SSSR count). The molecule has 2 aromatic rings. The minimum Gasteiger partial charge on any atom is -0.350 e. The fourth-order valence-corrected chi connectivity index (χ4v) is 4.24. The van der Waals surface area contributed by atoms with E-state index < -0.39 is 39.9 Å². The Bertz CT molecular complexity index is 1080. The van der Waals surface area contributed by atoms with Crippen LogP contribution in [0.5, 0.6) is 0 Å². The third-order valence-corrected chi connectivity index (χ3v) is 6.88. The number of nitrogens with one attached hydrogen (secondary N) is 1. The number of hydrogen-bond donors (Lipinski definition) is 1. The Labute approximate surface area is 199 Å². The first-order valence-corrected chi connectivity index (χ1v) is 12.1. The van der Waals surface area contributed by atoms with Gasteiger partial charge in [0, 0.05) is 24.2 Å². The number of benzene rings is 2. The van der Waals surface area contributed by atoms with Crippen LogP contribution in [0.25, 0.3) is 0 Å². The van der Waals surface area contributed by atoms with Crippen molar-refractivity contribution < 1.29 is 22.4 Å². The molecule has 0 aromatic heterocycles. The molecule has 33 heavy (non-hydrogen) atoms. The van der Waals surface area contributed by atoms with Crippen LogP contribution in [0.1, 0.15) is 33.3 Å². The van der Waals surface area contributed by atoms with Crippen LogP contribution in [0.2, 0.25) is 5.02 Å². The van der Waals surface area contributed by atoms with Gasteiger partial charge in [-0.05, 0) is 69.7 Å². The van der Waals surface area contributed by atoms with Gasteiger partial charge in [0.05, 0.1) is 11.4 Å². The first-order chi connectivity index (χ1) is 15.2. The summed E-state index contributed by atoms with van der Waals surface area (Å²) in [5.74, 6) is -1.39. The molecular formula is C23H29ClFN3O4S. The maximum Gasteiger partial charge on any atom is 0.243 e. The van der Waals surface area contributed by atoms with Crippen LogP contribution < -0.4 is 5.32 Å². The van der Waals surface area contributed by atoms with Crippen molar-refractivity contribution >= 4 is 33.4 Å². The number of amides is 2. The Hall–Kier alpha value is -2.49. The third kappa shape index (κ3) is 7.52. The molecule has 7 nitrogen and oxygen atoms in total. The van der Waals surface area contributed by atoms with Crippen LogP contribution in [-0.2, 0) is 26.2 Å². The van der Waals surface area contributed by atoms with Crippen LogP contribution >= 0.6 is 11.6 Å². The van der Waals surface area contributed by atoms with E-state index in [0.29, 0.717) is 10.6 Å². The van der Waals surface area contributed by atoms with E-state index in [0.717, 1.165) is 4.31 Å². The fourth-order valence-electron chi connectivity index (χ4n) is 3.00. The Morgan fingerprint density at radius 3 is 2.12 bits per heavy atom. The van der Waals surface area contributed by atoms with Crippen molar-refractivity contribution in [3.05, 3.63) is 64.9 Å². The molecular weight excluding hydrogens is 469 g/mol. The minimum atomic E-state index is -3.96. The summed E-state index contributed by atoms with van der Waals surface area (Å²) in [6.45, 7) is 6.53. The van der Waals surface area contributed by atoms with Gasteiger partial charge < -0.3 is 10.2 Å². The van der Waals surface area contributed by atoms with Gasteiger partial charge in [-0.15, -0.1) is 0 Å². The maximum atomic E-state index is 13.3. The van der Waals surface area contributed by atoms with E-state index in [1.807, 2.05) is 20.8 Å². The van der Waals surface area contributed by atoms with Crippen molar-refractivity contribution in [2.45, 2.75) is 50.7 Å². The van der Waals surface area contributed by atoms with Gasteiger partial charge in [-0.25, -0.2) is 12.8 Å². The molecule has 0 aliphatic carbocycles. The van der Waals surface area contributed by atoms with Gasteiger partial charge in [0.1, 0.15) is 11.9 Å². The molecule has 10 heteroatoms. The summed E-state index contributed by atoms with van der Waals surface area (Å²) in [6.07, 6.45) is 0. The number of hydrogen-bond acceptors (Lipinski definition) is 4. The molecule has 2 aromatic carbocycles. The fraction of sp³-hybridized carbons (Fsp3) is 0.391. The highest BCUT2D eigenvalue weighted by Crippen LogP contribution is 2.19. The second kappa shape index (κ2) is 10.6. The Balaban J connectivity index is 2.28. The van der Waals surface area contributed by atoms with E-state index in [-0.39, 0.29) is 17.3 Å². The molecule has 0 heterocycles. The van der Waals surface area contributed by atoms with E-state index in [1.54, 1.807) is 6.92 Å². The summed E-state index contributed by atoms with van der Waals surface area (Å²) in [4.78, 5) is 27.3. The molecule has 1 N–H and O–H groups in total. The first-order valence-electron chi connectivity index (χ1n) is 10.3. The monoisotopic (exact) mass is 497 g/mol. The smallest absolute Gasteiger partial charge is 0.243 e. The van der Waals surface area contributed by atoms with Crippen molar-refractivity contribution in [2.75, 3.05) is 13.6 Å². The summed E-state index contributed by atoms with van der Waals surface area (Å²) in [6, 6.07) is 10.3. The van der Waals surface area contributed by atoms with Crippen LogP contribution in [0, 0.1) is 5.82 Å². The molecule has 0 saturated heterocycles. The number of carbonyl (C=O) groups is 2. The van der Waals surface area contributed by atoms with Crippen molar-refractivity contribution in [3.8, 4) is 0 Å². The molecule has 0 bridgehead atoms. The topological polar surface area (TPSA) is 86.8 Å². The molecule has 0 radical (unpaired) electrons. The SMILES string of the molecule is CC(C(=O)NC(C)(C)C)N(Cc1ccc(F)cc1)C(=O)CN(C)S(=O)(=O)c1ccc(Cl)cc1. The average Bonchev–Trinajstić information content (AvgIpc) is 2.71. The first kappa shape index (κ1) is 26.8. The van der Waals surface area contributed by atoms with Crippen molar-refractivity contribution in [2.24, 2.45) is 0 Å². The van der Waals surface area contributed by atoms with E-state index in [1.165, 1.54) is 60.5 Å². The van der Waals surface area contributed by atoms with Gasteiger partial charge in [0.2, 0.25) is 21.8 Å². The van der Waals surface area contributed by atoms with E-state index in [2.05, 4.69) is 5.32 Å². The maximum absolute atomic E-state index is 13.3. The number of nitrogens with zero attached hydrogens (tertiary/aromatic N) is 2. The second-order valence-corrected chi connectivity index (χ2v) is 11.3. The number of rotatable bonds is 8. The van der Waals surface area contributed by atoms with Gasteiger partial charge in [-0.1, -0.05) is 23.7 Å². The lowest BCUT2D eigenvalue weighted by Crippen LogP contribution is -2.54. The van der Waals surface area contributed by atoms with Gasteiger partial charge in [0.15, 0.2) is 0 Å². The quantitative estimate of drug-likeness (QED) is 0.605. The van der Waals surface area contributed by atoms with E-state index >= 15 is 0 Å². The second-order valence-electron chi connectivity index (χ2n) is 8.78. The van der Waals surface area contributed by atoms with Crippen molar-refractivity contribution in [3.63, 3.8) is 0 Å². The molecule has 0 fully saturated rings. The summed E-state index contributed by atoms with van der Waals surface area (Å²) in [5.41, 5.74) is 0.0772. The molecule has 0 aliphatic heterocycles. The average molecular weight is 498 g/mol. The predicted octanol–water partition coefficient (Wildman–Crippen LogP) is 3.43. The van der Waals surface area contributed by atoms with Gasteiger partial charge in [-0.3, -0.25) is 9.59 Å². The standard InChI is InChI=1S/C23H29ClFN3O4S/c1-16(22(30)26-23(2,3)4)28(14-17-6-10-19(25)11-7-17)21(29)15-27(5)33(31,32)20-12-8-18(24)9-13-20/h6-13,16H,14-15H2,1-5H3,(H,26,30). The zero-order valence-corrected chi connectivity index (χ0v) is 20.9. The number of carbonyl (C=O) groups excluding carboxylic acids is 2. The van der Waals surface area contributed by atoms with Crippen LogP contribution in [-0.4, -0.2) is 54.6 Å². The lowest BCUT2D eigenvalue weighted by molar-refractivity contribution is -0.141. The number of halogens is 2. The van der Waals surface area contributed by atoms with Crippen LogP contribution in [0.15, 0.2) is 53.4 Å². The number of likely N-dealkylation sites (N-methyl/N-ethyl adjacent to an activating group) is 1. The zero-order chi connectivity index (χ0) is 25.0. The van der Waals surface area contributed by atoms with Gasteiger partial charge >= 0.3 is 0 Å². The van der Waals surface area contributed by atoms with Crippen molar-refractivity contribution in [1.82, 2.24) is 14.5 Å². The lowest BCUT2D eigenvalue weighted by atomic mass is 10.1. The van der Waals surface area contributed by atoms with Crippen LogP contribution in [0.4, 0.5) is 4.39 Å². The number of sulfonamides is 1. The molecule has 2 amide bonds. The summed E-state index contributed by atoms with van der Waals surface area (Å²) in [7, 11) is -2.67. The Morgan fingerprint density at radius 2 is 1.61 bits per heavy atom. The highest BCUT2D eigenvalue weighted by Gasteiger charge is 2.31. The van der Waals surface area contributed by atoms with Crippen LogP contribution in [0.3, 0.4) is 0 Å². The third-order valence-electron chi connectivity index (χ3n) is 4.81. The highest BCUT2D eigenvalue weighted by molar-refractivity contribution is 7.89. The summed E-state index contributed by atoms with van der Waals surface area (Å²) < 4.78 is 40.0. The van der Waals surface area contributed by atoms with Gasteiger partial charge in [0.25, 0.3) is 0 Å². The molecule has 0 aliphatic rings. The molecule has 1 atom stereocenters. The largest absolute Gasteiger partial charge is 0.350 e. The lowest BCUT2D eigenvalue weighted by Gasteiger charge is -2.32. The summed E-state index contributed by atoms with van der Waals surface area (Å²) in [5, 5.41) is 3.21. The highest BCUT2D eigenvalue weighted by atomic mass is 35.5. The summed E-state index contributed by atoms with van der Waals surface area (Å²) >= 11 is 5.83. The molecule has 0 spiro atoms. The Kier molecular flexibility index (Phi) is 8.62. The molecule has 180 valence electrons.